The minimum atomic E-state index is -1.87. The van der Waals surface area contributed by atoms with Crippen molar-refractivity contribution >= 4 is 23.1 Å². The highest BCUT2D eigenvalue weighted by Gasteiger charge is 2.53. The molecule has 28 heavy (non-hydrogen) atoms. The SMILES string of the molecule is [N-]=[N+]=NC1(Cc2ccccc2)C(=O)c2ccccc2N(c2ccccc2)C1=O. The number of rotatable bonds is 4. The highest BCUT2D eigenvalue weighted by Crippen LogP contribution is 2.41. The van der Waals surface area contributed by atoms with Gasteiger partial charge in [-0.3, -0.25) is 14.5 Å². The number of carbonyl (C=O) groups excluding carboxylic acids is 2. The van der Waals surface area contributed by atoms with Crippen molar-refractivity contribution in [1.82, 2.24) is 0 Å². The molecule has 0 saturated carbocycles. The summed E-state index contributed by atoms with van der Waals surface area (Å²) in [5, 5.41) is 3.79. The molecule has 3 aromatic carbocycles. The van der Waals surface area contributed by atoms with Crippen molar-refractivity contribution in [3.8, 4) is 0 Å². The number of anilines is 2. The van der Waals surface area contributed by atoms with Crippen LogP contribution in [0.5, 0.6) is 0 Å². The lowest BCUT2D eigenvalue weighted by Gasteiger charge is -2.38. The van der Waals surface area contributed by atoms with E-state index in [9.17, 15) is 15.1 Å². The predicted octanol–water partition coefficient (Wildman–Crippen LogP) is 4.84. The largest absolute Gasteiger partial charge is 0.293 e. The maximum absolute atomic E-state index is 13.7. The third-order valence-electron chi connectivity index (χ3n) is 4.85. The van der Waals surface area contributed by atoms with Crippen LogP contribution in [0.4, 0.5) is 11.4 Å². The highest BCUT2D eigenvalue weighted by molar-refractivity contribution is 6.30. The smallest absolute Gasteiger partial charge is 0.252 e. The third kappa shape index (κ3) is 2.73. The molecule has 6 nitrogen and oxygen atoms in total. The van der Waals surface area contributed by atoms with E-state index in [0.29, 0.717) is 16.9 Å². The zero-order chi connectivity index (χ0) is 19.6. The third-order valence-corrected chi connectivity index (χ3v) is 4.85. The van der Waals surface area contributed by atoms with Crippen LogP contribution in [0.15, 0.2) is 90.0 Å². The average Bonchev–Trinajstić information content (AvgIpc) is 2.74. The molecule has 4 rings (SSSR count). The van der Waals surface area contributed by atoms with Gasteiger partial charge in [0.2, 0.25) is 0 Å². The van der Waals surface area contributed by atoms with E-state index in [0.717, 1.165) is 5.56 Å². The molecule has 136 valence electrons. The Morgan fingerprint density at radius 3 is 2.14 bits per heavy atom. The Labute approximate surface area is 161 Å². The summed E-state index contributed by atoms with van der Waals surface area (Å²) < 4.78 is 0. The van der Waals surface area contributed by atoms with Gasteiger partial charge in [0, 0.05) is 22.6 Å². The molecule has 3 aromatic rings. The van der Waals surface area contributed by atoms with Crippen molar-refractivity contribution in [1.29, 1.82) is 0 Å². The Balaban J connectivity index is 1.95. The Hall–Kier alpha value is -3.89. The lowest BCUT2D eigenvalue weighted by molar-refractivity contribution is -0.121. The van der Waals surface area contributed by atoms with Gasteiger partial charge in [0.1, 0.15) is 0 Å². The molecule has 0 saturated heterocycles. The van der Waals surface area contributed by atoms with E-state index >= 15 is 0 Å². The first kappa shape index (κ1) is 17.5. The molecule has 1 aliphatic rings. The topological polar surface area (TPSA) is 86.1 Å². The van der Waals surface area contributed by atoms with Gasteiger partial charge in [-0.2, -0.15) is 0 Å². The number of carbonyl (C=O) groups is 2. The van der Waals surface area contributed by atoms with Gasteiger partial charge < -0.3 is 0 Å². The van der Waals surface area contributed by atoms with Crippen LogP contribution >= 0.6 is 0 Å². The highest BCUT2D eigenvalue weighted by atomic mass is 16.2. The van der Waals surface area contributed by atoms with Gasteiger partial charge >= 0.3 is 0 Å². The van der Waals surface area contributed by atoms with Crippen LogP contribution in [0.3, 0.4) is 0 Å². The monoisotopic (exact) mass is 368 g/mol. The van der Waals surface area contributed by atoms with E-state index in [1.54, 1.807) is 36.4 Å². The van der Waals surface area contributed by atoms with Crippen molar-refractivity contribution < 1.29 is 9.59 Å². The van der Waals surface area contributed by atoms with Crippen molar-refractivity contribution in [2.45, 2.75) is 12.0 Å². The summed E-state index contributed by atoms with van der Waals surface area (Å²) in [6.45, 7) is 0. The van der Waals surface area contributed by atoms with E-state index in [4.69, 9.17) is 0 Å². The Kier molecular flexibility index (Phi) is 4.39. The lowest BCUT2D eigenvalue weighted by atomic mass is 9.79. The van der Waals surface area contributed by atoms with E-state index in [2.05, 4.69) is 10.0 Å². The summed E-state index contributed by atoms with van der Waals surface area (Å²) in [6, 6.07) is 25.0. The van der Waals surface area contributed by atoms with Crippen LogP contribution in [0, 0.1) is 0 Å². The van der Waals surface area contributed by atoms with Gasteiger partial charge in [0.05, 0.1) is 5.69 Å². The van der Waals surface area contributed by atoms with E-state index in [1.807, 2.05) is 48.5 Å². The van der Waals surface area contributed by atoms with Crippen molar-refractivity contribution in [3.63, 3.8) is 0 Å². The summed E-state index contributed by atoms with van der Waals surface area (Å²) in [5.74, 6) is -1.04. The molecule has 0 fully saturated rings. The molecule has 0 N–H and O–H groups in total. The summed E-state index contributed by atoms with van der Waals surface area (Å²) in [7, 11) is 0. The second-order valence-corrected chi connectivity index (χ2v) is 6.53. The molecule has 0 radical (unpaired) electrons. The number of azide groups is 1. The maximum Gasteiger partial charge on any atom is 0.252 e. The normalized spacial score (nSPS) is 18.4. The molecule has 1 amide bonds. The minimum Gasteiger partial charge on any atom is -0.293 e. The Bertz CT molecular complexity index is 1090. The number of benzene rings is 3. The molecule has 0 bridgehead atoms. The number of hydrogen-bond acceptors (Lipinski definition) is 3. The minimum absolute atomic E-state index is 0.00671. The second kappa shape index (κ2) is 7.02. The van der Waals surface area contributed by atoms with Crippen molar-refractivity contribution in [2.24, 2.45) is 5.11 Å². The van der Waals surface area contributed by atoms with Crippen LogP contribution in [-0.4, -0.2) is 17.2 Å². The summed E-state index contributed by atoms with van der Waals surface area (Å²) in [6.07, 6.45) is -0.00671. The standard InChI is InChI=1S/C22H16N4O2/c23-25-24-22(15-16-9-3-1-4-10-16)20(27)18-13-7-8-14-19(18)26(21(22)28)17-11-5-2-6-12-17/h1-14H,15H2. The fourth-order valence-corrected chi connectivity index (χ4v) is 3.56. The van der Waals surface area contributed by atoms with Crippen LogP contribution in [-0.2, 0) is 11.2 Å². The quantitative estimate of drug-likeness (QED) is 0.285. The molecule has 1 unspecified atom stereocenters. The van der Waals surface area contributed by atoms with Crippen molar-refractivity contribution in [2.75, 3.05) is 4.90 Å². The molecule has 1 heterocycles. The molecular weight excluding hydrogens is 352 g/mol. The molecule has 0 aliphatic carbocycles. The van der Waals surface area contributed by atoms with E-state index in [1.165, 1.54) is 4.90 Å². The van der Waals surface area contributed by atoms with Gasteiger partial charge in [0.15, 0.2) is 11.3 Å². The number of amides is 1. The maximum atomic E-state index is 13.7. The summed E-state index contributed by atoms with van der Waals surface area (Å²) in [5.41, 5.74) is 9.55. The van der Waals surface area contributed by atoms with Gasteiger partial charge in [-0.15, -0.1) is 0 Å². The van der Waals surface area contributed by atoms with Crippen LogP contribution in [0.1, 0.15) is 15.9 Å². The predicted molar refractivity (Wildman–Crippen MR) is 106 cm³/mol. The van der Waals surface area contributed by atoms with E-state index < -0.39 is 17.2 Å². The lowest BCUT2D eigenvalue weighted by Crippen LogP contribution is -2.56. The average molecular weight is 368 g/mol. The molecule has 1 atom stereocenters. The fraction of sp³-hybridized carbons (Fsp3) is 0.0909. The first-order chi connectivity index (χ1) is 13.7. The number of Topliss-reactive ketones (excluding diaryl/α,β-unsaturated/α-hetero) is 1. The van der Waals surface area contributed by atoms with Crippen LogP contribution in [0.25, 0.3) is 10.4 Å². The van der Waals surface area contributed by atoms with E-state index in [-0.39, 0.29) is 6.42 Å². The van der Waals surface area contributed by atoms with Gasteiger partial charge in [0.25, 0.3) is 5.91 Å². The second-order valence-electron chi connectivity index (χ2n) is 6.53. The zero-order valence-electron chi connectivity index (χ0n) is 14.9. The number of fused-ring (bicyclic) bond motifs is 1. The molecular formula is C22H16N4O2. The fourth-order valence-electron chi connectivity index (χ4n) is 3.56. The number of para-hydroxylation sites is 2. The van der Waals surface area contributed by atoms with Crippen LogP contribution < -0.4 is 4.90 Å². The molecule has 6 heteroatoms. The van der Waals surface area contributed by atoms with Gasteiger partial charge in [-0.25, -0.2) is 0 Å². The van der Waals surface area contributed by atoms with Crippen molar-refractivity contribution in [3.05, 3.63) is 106 Å². The Morgan fingerprint density at radius 2 is 1.46 bits per heavy atom. The van der Waals surface area contributed by atoms with Gasteiger partial charge in [-0.05, 0) is 35.4 Å². The summed E-state index contributed by atoms with van der Waals surface area (Å²) >= 11 is 0. The number of ketones is 1. The van der Waals surface area contributed by atoms with Crippen LogP contribution in [0.2, 0.25) is 0 Å². The number of hydrogen-bond donors (Lipinski definition) is 0. The number of nitrogens with zero attached hydrogens (tertiary/aromatic N) is 4. The van der Waals surface area contributed by atoms with Gasteiger partial charge in [-0.1, -0.05) is 65.8 Å². The first-order valence-electron chi connectivity index (χ1n) is 8.81. The zero-order valence-corrected chi connectivity index (χ0v) is 14.9. The summed E-state index contributed by atoms with van der Waals surface area (Å²) in [4.78, 5) is 31.4. The molecule has 1 aliphatic heterocycles. The Morgan fingerprint density at radius 1 is 0.857 bits per heavy atom. The molecule has 0 aromatic heterocycles. The first-order valence-corrected chi connectivity index (χ1v) is 8.81. The molecule has 0 spiro atoms.